The minimum atomic E-state index is -0.726. The molecule has 0 aromatic heterocycles. The molecule has 0 heterocycles. The highest BCUT2D eigenvalue weighted by atomic mass is 16.7. The first-order chi connectivity index (χ1) is 15.0. The average molecular weight is 439 g/mol. The van der Waals surface area contributed by atoms with Crippen LogP contribution in [0.2, 0.25) is 0 Å². The third-order valence-electron chi connectivity index (χ3n) is 4.86. The number of aryl methyl sites for hydroxylation is 6. The lowest BCUT2D eigenvalue weighted by Crippen LogP contribution is -2.17. The van der Waals surface area contributed by atoms with Crippen LogP contribution in [0.5, 0.6) is 0 Å². The summed E-state index contributed by atoms with van der Waals surface area (Å²) in [6, 6.07) is 7.87. The first kappa shape index (κ1) is 24.6. The highest BCUT2D eigenvalue weighted by Gasteiger charge is 2.12. The summed E-state index contributed by atoms with van der Waals surface area (Å²) in [5.74, 6) is 0. The second-order valence-corrected chi connectivity index (χ2v) is 7.91. The largest absolute Gasteiger partial charge is 0.437 e. The van der Waals surface area contributed by atoms with Gasteiger partial charge in [0, 0.05) is 11.4 Å². The molecule has 0 aliphatic carbocycles. The number of nitrogens with zero attached hydrogens (tertiary/aromatic N) is 2. The lowest BCUT2D eigenvalue weighted by Gasteiger charge is -2.12. The molecule has 8 nitrogen and oxygen atoms in total. The van der Waals surface area contributed by atoms with E-state index in [4.69, 9.17) is 9.68 Å². The van der Waals surface area contributed by atoms with Gasteiger partial charge in [0.15, 0.2) is 0 Å². The van der Waals surface area contributed by atoms with Crippen LogP contribution in [-0.4, -0.2) is 23.6 Å². The molecule has 32 heavy (non-hydrogen) atoms. The number of oxime groups is 2. The maximum Gasteiger partial charge on any atom is 0.437 e. The highest BCUT2D eigenvalue weighted by Crippen LogP contribution is 2.23. The lowest BCUT2D eigenvalue weighted by atomic mass is 10.1. The number of carbonyl (C=O) groups excluding carboxylic acids is 2. The van der Waals surface area contributed by atoms with E-state index >= 15 is 0 Å². The van der Waals surface area contributed by atoms with E-state index in [1.54, 1.807) is 13.8 Å². The van der Waals surface area contributed by atoms with Crippen LogP contribution in [0.4, 0.5) is 21.0 Å². The van der Waals surface area contributed by atoms with Crippen molar-refractivity contribution in [2.24, 2.45) is 10.3 Å². The maximum atomic E-state index is 12.1. The Morgan fingerprint density at radius 1 is 0.625 bits per heavy atom. The van der Waals surface area contributed by atoms with Gasteiger partial charge in [0.05, 0.1) is 0 Å². The van der Waals surface area contributed by atoms with Crippen molar-refractivity contribution in [3.05, 3.63) is 57.6 Å². The molecule has 0 bridgehead atoms. The van der Waals surface area contributed by atoms with Gasteiger partial charge in [-0.1, -0.05) is 45.7 Å². The molecule has 2 rings (SSSR count). The van der Waals surface area contributed by atoms with Gasteiger partial charge in [0.1, 0.15) is 11.4 Å². The molecular formula is C24H30N4O4. The molecule has 2 aromatic rings. The zero-order valence-electron chi connectivity index (χ0n) is 19.8. The van der Waals surface area contributed by atoms with E-state index in [-0.39, 0.29) is 11.4 Å². The minimum Gasteiger partial charge on any atom is -0.297 e. The number of carbonyl (C=O) groups is 2. The van der Waals surface area contributed by atoms with E-state index in [9.17, 15) is 9.59 Å². The monoisotopic (exact) mass is 438 g/mol. The van der Waals surface area contributed by atoms with Gasteiger partial charge >= 0.3 is 12.2 Å². The Kier molecular flexibility index (Phi) is 8.12. The Hall–Kier alpha value is -3.68. The Balaban J connectivity index is 1.95. The topological polar surface area (TPSA) is 101 Å². The van der Waals surface area contributed by atoms with E-state index in [0.29, 0.717) is 11.4 Å². The minimum absolute atomic E-state index is 0.285. The average Bonchev–Trinajstić information content (AvgIpc) is 2.69. The van der Waals surface area contributed by atoms with E-state index in [1.165, 1.54) is 0 Å². The van der Waals surface area contributed by atoms with Crippen LogP contribution in [0.3, 0.4) is 0 Å². The summed E-state index contributed by atoms with van der Waals surface area (Å²) < 4.78 is 0. The van der Waals surface area contributed by atoms with Crippen LogP contribution >= 0.6 is 0 Å². The summed E-state index contributed by atoms with van der Waals surface area (Å²) in [4.78, 5) is 34.1. The fraction of sp³-hybridized carbons (Fsp3) is 0.333. The Morgan fingerprint density at radius 2 is 0.906 bits per heavy atom. The molecule has 2 N–H and O–H groups in total. The fourth-order valence-corrected chi connectivity index (χ4v) is 3.36. The Labute approximate surface area is 188 Å². The summed E-state index contributed by atoms with van der Waals surface area (Å²) in [5, 5.41) is 12.9. The van der Waals surface area contributed by atoms with Gasteiger partial charge in [0.2, 0.25) is 0 Å². The van der Waals surface area contributed by atoms with Crippen molar-refractivity contribution >= 4 is 35.0 Å². The van der Waals surface area contributed by atoms with Gasteiger partial charge in [0.25, 0.3) is 0 Å². The van der Waals surface area contributed by atoms with Crippen LogP contribution in [0, 0.1) is 41.5 Å². The van der Waals surface area contributed by atoms with E-state index in [2.05, 4.69) is 20.9 Å². The summed E-state index contributed by atoms with van der Waals surface area (Å²) in [6.07, 6.45) is -1.45. The van der Waals surface area contributed by atoms with Crippen molar-refractivity contribution in [2.45, 2.75) is 55.4 Å². The van der Waals surface area contributed by atoms with Crippen LogP contribution < -0.4 is 10.6 Å². The molecule has 2 amide bonds. The van der Waals surface area contributed by atoms with E-state index < -0.39 is 12.2 Å². The van der Waals surface area contributed by atoms with Gasteiger partial charge in [-0.15, -0.1) is 0 Å². The van der Waals surface area contributed by atoms with Crippen molar-refractivity contribution in [3.8, 4) is 0 Å². The SMILES string of the molecule is CC(=N/OC(=O)Nc1c(C)cc(C)cc1C)/C(C)=N\OC(=O)Nc1c(C)cc(C)cc1C. The number of hydrogen-bond acceptors (Lipinski definition) is 6. The molecule has 170 valence electrons. The van der Waals surface area contributed by atoms with Gasteiger partial charge < -0.3 is 0 Å². The zero-order chi connectivity index (χ0) is 24.0. The molecule has 8 heteroatoms. The van der Waals surface area contributed by atoms with Crippen LogP contribution in [-0.2, 0) is 9.68 Å². The van der Waals surface area contributed by atoms with Gasteiger partial charge in [-0.3, -0.25) is 20.3 Å². The van der Waals surface area contributed by atoms with Gasteiger partial charge in [-0.2, -0.15) is 0 Å². The van der Waals surface area contributed by atoms with Gasteiger partial charge in [-0.05, 0) is 77.6 Å². The quantitative estimate of drug-likeness (QED) is 0.335. The molecular weight excluding hydrogens is 408 g/mol. The molecule has 0 aliphatic rings. The predicted molar refractivity (Wildman–Crippen MR) is 128 cm³/mol. The molecule has 0 saturated carbocycles. The van der Waals surface area contributed by atoms with Crippen molar-refractivity contribution < 1.29 is 19.3 Å². The molecule has 0 unspecified atom stereocenters. The normalized spacial score (nSPS) is 11.8. The smallest absolute Gasteiger partial charge is 0.297 e. The molecule has 2 aromatic carbocycles. The van der Waals surface area contributed by atoms with Crippen molar-refractivity contribution in [2.75, 3.05) is 10.6 Å². The number of hydrogen-bond donors (Lipinski definition) is 2. The van der Waals surface area contributed by atoms with Crippen LogP contribution in [0.25, 0.3) is 0 Å². The molecule has 0 aliphatic heterocycles. The van der Waals surface area contributed by atoms with Crippen molar-refractivity contribution in [3.63, 3.8) is 0 Å². The first-order valence-electron chi connectivity index (χ1n) is 10.2. The number of nitrogens with one attached hydrogen (secondary N) is 2. The number of benzene rings is 2. The second-order valence-electron chi connectivity index (χ2n) is 7.91. The molecule has 0 radical (unpaired) electrons. The predicted octanol–water partition coefficient (Wildman–Crippen LogP) is 6.09. The van der Waals surface area contributed by atoms with E-state index in [1.807, 2.05) is 65.8 Å². The third kappa shape index (κ3) is 6.66. The number of amides is 2. The number of rotatable bonds is 5. The Morgan fingerprint density at radius 3 is 1.19 bits per heavy atom. The zero-order valence-corrected chi connectivity index (χ0v) is 19.8. The fourth-order valence-electron chi connectivity index (χ4n) is 3.36. The summed E-state index contributed by atoms with van der Waals surface area (Å²) in [6.45, 7) is 14.8. The molecule has 0 spiro atoms. The number of anilines is 2. The van der Waals surface area contributed by atoms with Crippen molar-refractivity contribution in [1.82, 2.24) is 0 Å². The molecule has 0 atom stereocenters. The molecule has 0 saturated heterocycles. The van der Waals surface area contributed by atoms with Gasteiger partial charge in [-0.25, -0.2) is 9.59 Å². The third-order valence-corrected chi connectivity index (χ3v) is 4.86. The summed E-state index contributed by atoms with van der Waals surface area (Å²) in [5.41, 5.74) is 7.86. The maximum absolute atomic E-state index is 12.1. The second kappa shape index (κ2) is 10.6. The molecule has 0 fully saturated rings. The van der Waals surface area contributed by atoms with Crippen LogP contribution in [0.15, 0.2) is 34.6 Å². The first-order valence-corrected chi connectivity index (χ1v) is 10.2. The Bertz CT molecular complexity index is 970. The standard InChI is InChI=1S/C24H30N4O4/c1-13-9-15(3)21(16(4)10-13)25-23(29)31-27-19(7)20(8)28-32-24(30)26-22-17(5)11-14(2)12-18(22)6/h9-12H,1-8H3,(H,25,29)(H,26,30)/b27-19-,28-20-. The van der Waals surface area contributed by atoms with E-state index in [0.717, 1.165) is 33.4 Å². The summed E-state index contributed by atoms with van der Waals surface area (Å²) >= 11 is 0. The lowest BCUT2D eigenvalue weighted by molar-refractivity contribution is 0.164. The summed E-state index contributed by atoms with van der Waals surface area (Å²) in [7, 11) is 0. The van der Waals surface area contributed by atoms with Crippen LogP contribution in [0.1, 0.15) is 47.2 Å². The van der Waals surface area contributed by atoms with Crippen molar-refractivity contribution in [1.29, 1.82) is 0 Å². The highest BCUT2D eigenvalue weighted by molar-refractivity contribution is 6.40.